The first-order valence-electron chi connectivity index (χ1n) is 4.20. The third-order valence-corrected chi connectivity index (χ3v) is 1.67. The quantitative estimate of drug-likeness (QED) is 0.464. The molecule has 1 rings (SSSR count). The fourth-order valence-corrected chi connectivity index (χ4v) is 1.06. The Morgan fingerprint density at radius 2 is 2.27 bits per heavy atom. The molecule has 0 aliphatic heterocycles. The summed E-state index contributed by atoms with van der Waals surface area (Å²) in [5, 5.41) is 19.7. The van der Waals surface area contributed by atoms with Gasteiger partial charge in [-0.05, 0) is 13.0 Å². The van der Waals surface area contributed by atoms with Crippen molar-refractivity contribution in [2.45, 2.75) is 6.92 Å². The van der Waals surface area contributed by atoms with Crippen LogP contribution in [0.5, 0.6) is 5.75 Å². The summed E-state index contributed by atoms with van der Waals surface area (Å²) in [5.74, 6) is -1.04. The molecule has 15 heavy (non-hydrogen) atoms. The van der Waals surface area contributed by atoms with Gasteiger partial charge in [-0.2, -0.15) is 0 Å². The zero-order chi connectivity index (χ0) is 11.4. The van der Waals surface area contributed by atoms with Gasteiger partial charge in [-0.15, -0.1) is 0 Å². The summed E-state index contributed by atoms with van der Waals surface area (Å²) in [6.45, 7) is 1.71. The molecule has 0 atom stereocenters. The number of nitrogens with zero attached hydrogens (tertiary/aromatic N) is 1. The number of carbonyl (C=O) groups excluding carboxylic acids is 1. The van der Waals surface area contributed by atoms with Gasteiger partial charge in [0.15, 0.2) is 0 Å². The highest BCUT2D eigenvalue weighted by molar-refractivity contribution is 5.94. The zero-order valence-electron chi connectivity index (χ0n) is 7.97. The molecule has 0 fully saturated rings. The Bertz CT molecular complexity index is 401. The Kier molecular flexibility index (Phi) is 3.22. The van der Waals surface area contributed by atoms with Gasteiger partial charge < -0.3 is 9.84 Å². The average molecular weight is 211 g/mol. The standard InChI is InChI=1S/C9H9NO5/c1-2-15-9(12)7-5-6(11)3-4-8(7)10(13)14/h3-5,11H,2H2,1H3. The lowest BCUT2D eigenvalue weighted by Gasteiger charge is -2.02. The van der Waals surface area contributed by atoms with Gasteiger partial charge in [0.2, 0.25) is 0 Å². The van der Waals surface area contributed by atoms with Crippen LogP contribution in [0.25, 0.3) is 0 Å². The van der Waals surface area contributed by atoms with Crippen LogP contribution >= 0.6 is 0 Å². The van der Waals surface area contributed by atoms with E-state index >= 15 is 0 Å². The van der Waals surface area contributed by atoms with Crippen LogP contribution in [0.1, 0.15) is 17.3 Å². The molecule has 0 bridgehead atoms. The number of ether oxygens (including phenoxy) is 1. The second-order valence-corrected chi connectivity index (χ2v) is 2.68. The molecule has 1 N–H and O–H groups in total. The maximum atomic E-state index is 11.3. The number of aromatic hydroxyl groups is 1. The fourth-order valence-electron chi connectivity index (χ4n) is 1.06. The van der Waals surface area contributed by atoms with E-state index in [2.05, 4.69) is 4.74 Å². The Balaban J connectivity index is 3.18. The molecule has 1 aromatic carbocycles. The molecule has 0 aromatic heterocycles. The van der Waals surface area contributed by atoms with Crippen LogP contribution in [-0.4, -0.2) is 22.6 Å². The topological polar surface area (TPSA) is 89.7 Å². The number of phenols is 1. The predicted molar refractivity (Wildman–Crippen MR) is 50.7 cm³/mol. The number of esters is 1. The number of nitro benzene ring substituents is 1. The highest BCUT2D eigenvalue weighted by Gasteiger charge is 2.21. The van der Waals surface area contributed by atoms with Crippen LogP contribution in [0.2, 0.25) is 0 Å². The van der Waals surface area contributed by atoms with E-state index in [1.54, 1.807) is 6.92 Å². The Morgan fingerprint density at radius 1 is 1.60 bits per heavy atom. The summed E-state index contributed by atoms with van der Waals surface area (Å²) in [6, 6.07) is 3.21. The van der Waals surface area contributed by atoms with Crippen LogP contribution < -0.4 is 0 Å². The van der Waals surface area contributed by atoms with Crippen molar-refractivity contribution in [1.82, 2.24) is 0 Å². The van der Waals surface area contributed by atoms with Crippen molar-refractivity contribution in [2.24, 2.45) is 0 Å². The lowest BCUT2D eigenvalue weighted by atomic mass is 10.1. The fraction of sp³-hybridized carbons (Fsp3) is 0.222. The number of nitro groups is 1. The zero-order valence-corrected chi connectivity index (χ0v) is 7.97. The molecule has 0 heterocycles. The summed E-state index contributed by atoms with van der Waals surface area (Å²) < 4.78 is 4.62. The summed E-state index contributed by atoms with van der Waals surface area (Å²) in [5.41, 5.74) is -0.631. The van der Waals surface area contributed by atoms with Crippen LogP contribution in [0.15, 0.2) is 18.2 Å². The third-order valence-electron chi connectivity index (χ3n) is 1.67. The maximum absolute atomic E-state index is 11.3. The van der Waals surface area contributed by atoms with Gasteiger partial charge in [0, 0.05) is 12.1 Å². The lowest BCUT2D eigenvalue weighted by Crippen LogP contribution is -2.07. The minimum Gasteiger partial charge on any atom is -0.508 e. The number of phenolic OH excluding ortho intramolecular Hbond substituents is 1. The first-order chi connectivity index (χ1) is 7.06. The highest BCUT2D eigenvalue weighted by Crippen LogP contribution is 2.23. The number of benzene rings is 1. The van der Waals surface area contributed by atoms with E-state index in [-0.39, 0.29) is 23.6 Å². The number of hydrogen-bond donors (Lipinski definition) is 1. The van der Waals surface area contributed by atoms with Gasteiger partial charge in [-0.1, -0.05) is 0 Å². The van der Waals surface area contributed by atoms with Crippen LogP contribution in [0.4, 0.5) is 5.69 Å². The number of carbonyl (C=O) groups is 1. The van der Waals surface area contributed by atoms with Gasteiger partial charge in [-0.3, -0.25) is 10.1 Å². The molecule has 6 heteroatoms. The molecular formula is C9H9NO5. The van der Waals surface area contributed by atoms with Gasteiger partial charge in [0.25, 0.3) is 5.69 Å². The summed E-state index contributed by atoms with van der Waals surface area (Å²) in [6.07, 6.45) is 0. The number of rotatable bonds is 3. The minimum absolute atomic E-state index is 0.117. The molecule has 1 aromatic rings. The van der Waals surface area contributed by atoms with Crippen LogP contribution in [0.3, 0.4) is 0 Å². The van der Waals surface area contributed by atoms with Crippen molar-refractivity contribution in [3.05, 3.63) is 33.9 Å². The molecule has 6 nitrogen and oxygen atoms in total. The smallest absolute Gasteiger partial charge is 0.345 e. The first-order valence-corrected chi connectivity index (χ1v) is 4.20. The lowest BCUT2D eigenvalue weighted by molar-refractivity contribution is -0.385. The van der Waals surface area contributed by atoms with E-state index in [0.717, 1.165) is 18.2 Å². The van der Waals surface area contributed by atoms with Crippen molar-refractivity contribution < 1.29 is 19.6 Å². The molecule has 0 spiro atoms. The molecule has 0 radical (unpaired) electrons. The van der Waals surface area contributed by atoms with Crippen molar-refractivity contribution in [3.8, 4) is 5.75 Å². The molecule has 0 saturated carbocycles. The summed E-state index contributed by atoms with van der Waals surface area (Å²) in [4.78, 5) is 21.1. The molecule has 0 saturated heterocycles. The highest BCUT2D eigenvalue weighted by atomic mass is 16.6. The molecule has 0 aliphatic carbocycles. The van der Waals surface area contributed by atoms with Gasteiger partial charge in [0.05, 0.1) is 11.5 Å². The Labute approximate surface area is 85.2 Å². The minimum atomic E-state index is -0.819. The van der Waals surface area contributed by atoms with Crippen LogP contribution in [-0.2, 0) is 4.74 Å². The average Bonchev–Trinajstić information content (AvgIpc) is 2.17. The normalized spacial score (nSPS) is 9.67. The van der Waals surface area contributed by atoms with E-state index in [4.69, 9.17) is 5.11 Å². The molecule has 80 valence electrons. The third kappa shape index (κ3) is 2.43. The summed E-state index contributed by atoms with van der Waals surface area (Å²) in [7, 11) is 0. The second-order valence-electron chi connectivity index (χ2n) is 2.68. The van der Waals surface area contributed by atoms with E-state index in [1.165, 1.54) is 0 Å². The van der Waals surface area contributed by atoms with E-state index in [1.807, 2.05) is 0 Å². The van der Waals surface area contributed by atoms with E-state index in [0.29, 0.717) is 0 Å². The van der Waals surface area contributed by atoms with Gasteiger partial charge in [0.1, 0.15) is 11.3 Å². The number of hydrogen-bond acceptors (Lipinski definition) is 5. The molecule has 0 aliphatic rings. The van der Waals surface area contributed by atoms with E-state index in [9.17, 15) is 14.9 Å². The van der Waals surface area contributed by atoms with Crippen molar-refractivity contribution in [2.75, 3.05) is 6.61 Å². The van der Waals surface area contributed by atoms with Crippen molar-refractivity contribution >= 4 is 11.7 Å². The van der Waals surface area contributed by atoms with Crippen LogP contribution in [0, 0.1) is 10.1 Å². The van der Waals surface area contributed by atoms with E-state index < -0.39 is 10.9 Å². The summed E-state index contributed by atoms with van der Waals surface area (Å²) >= 11 is 0. The monoisotopic (exact) mass is 211 g/mol. The second kappa shape index (κ2) is 4.41. The predicted octanol–water partition coefficient (Wildman–Crippen LogP) is 1.48. The Morgan fingerprint density at radius 3 is 2.80 bits per heavy atom. The largest absolute Gasteiger partial charge is 0.508 e. The van der Waals surface area contributed by atoms with Crippen molar-refractivity contribution in [3.63, 3.8) is 0 Å². The Hall–Kier alpha value is -2.11. The van der Waals surface area contributed by atoms with Gasteiger partial charge >= 0.3 is 5.97 Å². The molecule has 0 unspecified atom stereocenters. The van der Waals surface area contributed by atoms with Crippen molar-refractivity contribution in [1.29, 1.82) is 0 Å². The first kappa shape index (κ1) is 11.0. The molecule has 0 amide bonds. The SMILES string of the molecule is CCOC(=O)c1cc(O)ccc1[N+](=O)[O-]. The maximum Gasteiger partial charge on any atom is 0.345 e. The van der Waals surface area contributed by atoms with Gasteiger partial charge in [-0.25, -0.2) is 4.79 Å². The molecular weight excluding hydrogens is 202 g/mol.